The highest BCUT2D eigenvalue weighted by Gasteiger charge is 2.32. The van der Waals surface area contributed by atoms with E-state index in [9.17, 15) is 24.4 Å². The Bertz CT molecular complexity index is 939. The van der Waals surface area contributed by atoms with Gasteiger partial charge in [0, 0.05) is 12.6 Å². The Morgan fingerprint density at radius 2 is 1.90 bits per heavy atom. The molecular weight excluding hydrogens is 411 g/mol. The van der Waals surface area contributed by atoms with E-state index in [1.807, 2.05) is 0 Å². The maximum atomic E-state index is 13.5. The molecule has 0 fully saturated rings. The molecule has 29 heavy (non-hydrogen) atoms. The lowest BCUT2D eigenvalue weighted by atomic mass is 10.1. The van der Waals surface area contributed by atoms with E-state index in [1.165, 1.54) is 33.5 Å². The number of aliphatic hydroxyl groups is 1. The molecule has 2 N–H and O–H groups in total. The van der Waals surface area contributed by atoms with Gasteiger partial charge >= 0.3 is 5.69 Å². The Labute approximate surface area is 170 Å². The summed E-state index contributed by atoms with van der Waals surface area (Å²) in [7, 11) is 3.75. The number of nitro groups is 1. The van der Waals surface area contributed by atoms with Gasteiger partial charge in [0.1, 0.15) is 11.4 Å². The van der Waals surface area contributed by atoms with Gasteiger partial charge in [0.15, 0.2) is 5.75 Å². The molecule has 11 heteroatoms. The van der Waals surface area contributed by atoms with Gasteiger partial charge in [-0.05, 0) is 17.7 Å². The lowest BCUT2D eigenvalue weighted by Crippen LogP contribution is -2.29. The quantitative estimate of drug-likeness (QED) is 0.490. The molecule has 0 aliphatic heterocycles. The second kappa shape index (κ2) is 9.39. The topological polar surface area (TPSA) is 120 Å². The van der Waals surface area contributed by atoms with Crippen molar-refractivity contribution in [3.63, 3.8) is 0 Å². The van der Waals surface area contributed by atoms with Crippen LogP contribution in [0.4, 0.5) is 10.1 Å². The smallest absolute Gasteiger partial charge is 0.327 e. The predicted molar refractivity (Wildman–Crippen MR) is 101 cm³/mol. The number of hydrogen-bond acceptors (Lipinski definition) is 7. The molecular formula is C18H18ClFN2O7. The molecule has 0 heterocycles. The molecule has 0 bridgehead atoms. The number of amides is 1. The van der Waals surface area contributed by atoms with Crippen LogP contribution in [0.3, 0.4) is 0 Å². The first-order valence-corrected chi connectivity index (χ1v) is 8.51. The van der Waals surface area contributed by atoms with Crippen LogP contribution in [0.5, 0.6) is 17.2 Å². The molecule has 0 spiro atoms. The number of rotatable bonds is 8. The number of ether oxygens (including phenoxy) is 3. The summed E-state index contributed by atoms with van der Waals surface area (Å²) in [6.45, 7) is -0.340. The average Bonchev–Trinajstić information content (AvgIpc) is 2.71. The number of carbonyl (C=O) groups is 1. The van der Waals surface area contributed by atoms with Gasteiger partial charge in [0.05, 0.1) is 37.4 Å². The third-order valence-electron chi connectivity index (χ3n) is 4.02. The lowest BCUT2D eigenvalue weighted by molar-refractivity contribution is -0.386. The van der Waals surface area contributed by atoms with Gasteiger partial charge in [-0.15, -0.1) is 0 Å². The maximum absolute atomic E-state index is 13.5. The van der Waals surface area contributed by atoms with Crippen LogP contribution >= 0.6 is 11.6 Å². The molecule has 1 unspecified atom stereocenters. The van der Waals surface area contributed by atoms with Crippen molar-refractivity contribution in [1.82, 2.24) is 5.32 Å². The van der Waals surface area contributed by atoms with Crippen LogP contribution in [0, 0.1) is 15.9 Å². The number of carbonyl (C=O) groups excluding carboxylic acids is 1. The molecule has 2 aromatic rings. The normalized spacial score (nSPS) is 11.5. The fraction of sp³-hybridized carbons (Fsp3) is 0.278. The van der Waals surface area contributed by atoms with E-state index in [0.29, 0.717) is 0 Å². The van der Waals surface area contributed by atoms with Gasteiger partial charge in [0.2, 0.25) is 11.5 Å². The van der Waals surface area contributed by atoms with E-state index in [2.05, 4.69) is 5.32 Å². The third-order valence-corrected chi connectivity index (χ3v) is 4.32. The fourth-order valence-corrected chi connectivity index (χ4v) is 2.74. The van der Waals surface area contributed by atoms with Crippen LogP contribution in [0.15, 0.2) is 24.3 Å². The minimum absolute atomic E-state index is 0.0421. The first kappa shape index (κ1) is 22.2. The first-order valence-electron chi connectivity index (χ1n) is 8.13. The number of nitrogens with zero attached hydrogens (tertiary/aromatic N) is 1. The van der Waals surface area contributed by atoms with E-state index in [-0.39, 0.29) is 39.9 Å². The average molecular weight is 429 g/mol. The summed E-state index contributed by atoms with van der Waals surface area (Å²) >= 11 is 5.60. The second-order valence-corrected chi connectivity index (χ2v) is 6.11. The van der Waals surface area contributed by atoms with E-state index in [4.69, 9.17) is 25.8 Å². The van der Waals surface area contributed by atoms with Crippen LogP contribution in [-0.2, 0) is 0 Å². The summed E-state index contributed by atoms with van der Waals surface area (Å²) in [6, 6.07) is 4.82. The Hall–Kier alpha value is -3.11. The molecule has 2 aromatic carbocycles. The van der Waals surface area contributed by atoms with Gasteiger partial charge in [-0.3, -0.25) is 14.9 Å². The molecule has 1 atom stereocenters. The van der Waals surface area contributed by atoms with Crippen molar-refractivity contribution in [3.8, 4) is 17.2 Å². The summed E-state index contributed by atoms with van der Waals surface area (Å²) in [5, 5.41) is 24.0. The van der Waals surface area contributed by atoms with Gasteiger partial charge < -0.3 is 24.6 Å². The Kier molecular flexibility index (Phi) is 7.18. The van der Waals surface area contributed by atoms with E-state index in [0.717, 1.165) is 12.1 Å². The summed E-state index contributed by atoms with van der Waals surface area (Å²) < 4.78 is 28.8. The number of methoxy groups -OCH3 is 3. The summed E-state index contributed by atoms with van der Waals surface area (Å²) in [5.41, 5.74) is -0.819. The third kappa shape index (κ3) is 4.66. The molecule has 0 aromatic heterocycles. The minimum Gasteiger partial charge on any atom is -0.493 e. The zero-order valence-corrected chi connectivity index (χ0v) is 16.4. The van der Waals surface area contributed by atoms with Gasteiger partial charge in [0.25, 0.3) is 5.91 Å². The van der Waals surface area contributed by atoms with Crippen molar-refractivity contribution in [1.29, 1.82) is 0 Å². The van der Waals surface area contributed by atoms with Crippen molar-refractivity contribution in [2.24, 2.45) is 0 Å². The molecule has 0 saturated carbocycles. The summed E-state index contributed by atoms with van der Waals surface area (Å²) in [4.78, 5) is 23.3. The van der Waals surface area contributed by atoms with Gasteiger partial charge in [-0.25, -0.2) is 4.39 Å². The molecule has 0 radical (unpaired) electrons. The van der Waals surface area contributed by atoms with Crippen molar-refractivity contribution in [3.05, 3.63) is 56.3 Å². The monoisotopic (exact) mass is 428 g/mol. The van der Waals surface area contributed by atoms with Crippen LogP contribution in [0.25, 0.3) is 0 Å². The molecule has 0 aliphatic carbocycles. The Morgan fingerprint density at radius 3 is 2.41 bits per heavy atom. The number of benzene rings is 2. The fourth-order valence-electron chi connectivity index (χ4n) is 2.62. The predicted octanol–water partition coefficient (Wildman–Crippen LogP) is 2.88. The largest absolute Gasteiger partial charge is 0.493 e. The van der Waals surface area contributed by atoms with Crippen molar-refractivity contribution < 1.29 is 33.4 Å². The molecule has 2 rings (SSSR count). The van der Waals surface area contributed by atoms with Crippen LogP contribution in [0.2, 0.25) is 5.02 Å². The zero-order chi connectivity index (χ0) is 21.7. The van der Waals surface area contributed by atoms with Crippen molar-refractivity contribution in [2.75, 3.05) is 27.9 Å². The van der Waals surface area contributed by atoms with E-state index in [1.54, 1.807) is 0 Å². The minimum atomic E-state index is -1.27. The zero-order valence-electron chi connectivity index (χ0n) is 15.7. The number of nitro benzene ring substituents is 1. The SMILES string of the molecule is COc1cc(C(=O)NCC(O)c2ccc(Cl)c(F)c2)c([N+](=O)[O-])c(OC)c1OC. The lowest BCUT2D eigenvalue weighted by Gasteiger charge is -2.16. The second-order valence-electron chi connectivity index (χ2n) is 5.70. The molecule has 0 aliphatic rings. The van der Waals surface area contributed by atoms with Crippen molar-refractivity contribution >= 4 is 23.2 Å². The van der Waals surface area contributed by atoms with E-state index < -0.39 is 28.4 Å². The van der Waals surface area contributed by atoms with Crippen molar-refractivity contribution in [2.45, 2.75) is 6.10 Å². The summed E-state index contributed by atoms with van der Waals surface area (Å²) in [6.07, 6.45) is -1.27. The molecule has 156 valence electrons. The summed E-state index contributed by atoms with van der Waals surface area (Å²) in [5.74, 6) is -1.89. The highest BCUT2D eigenvalue weighted by Crippen LogP contribution is 2.46. The maximum Gasteiger partial charge on any atom is 0.327 e. The standard InChI is InChI=1S/C18H18ClFN2O7/c1-27-14-7-10(15(22(25)26)17(29-3)16(14)28-2)18(24)21-8-13(23)9-4-5-11(19)12(20)6-9/h4-7,13,23H,8H2,1-3H3,(H,21,24). The first-order chi connectivity index (χ1) is 13.7. The van der Waals surface area contributed by atoms with Crippen LogP contribution in [-0.4, -0.2) is 43.8 Å². The molecule has 0 saturated heterocycles. The Balaban J connectivity index is 2.34. The van der Waals surface area contributed by atoms with Crippen LogP contribution < -0.4 is 19.5 Å². The van der Waals surface area contributed by atoms with Crippen LogP contribution in [0.1, 0.15) is 22.0 Å². The van der Waals surface area contributed by atoms with Gasteiger partial charge in [-0.2, -0.15) is 0 Å². The Morgan fingerprint density at radius 1 is 1.24 bits per heavy atom. The van der Waals surface area contributed by atoms with Gasteiger partial charge in [-0.1, -0.05) is 17.7 Å². The number of aliphatic hydroxyl groups excluding tert-OH is 1. The molecule has 9 nitrogen and oxygen atoms in total. The highest BCUT2D eigenvalue weighted by atomic mass is 35.5. The number of hydrogen-bond donors (Lipinski definition) is 2. The van der Waals surface area contributed by atoms with E-state index >= 15 is 0 Å². The number of nitrogens with one attached hydrogen (secondary N) is 1. The molecule has 1 amide bonds. The highest BCUT2D eigenvalue weighted by molar-refractivity contribution is 6.30. The number of halogens is 2.